The largest absolute Gasteiger partial charge is 0.320 e. The third-order valence-corrected chi connectivity index (χ3v) is 3.69. The molecule has 1 unspecified atom stereocenters. The number of hydrogen-bond donors (Lipinski definition) is 1. The molecule has 88 valence electrons. The van der Waals surface area contributed by atoms with Gasteiger partial charge in [-0.15, -0.1) is 0 Å². The van der Waals surface area contributed by atoms with Crippen LogP contribution in [0.5, 0.6) is 0 Å². The molecule has 2 aromatic carbocycles. The molecule has 2 rings (SSSR count). The van der Waals surface area contributed by atoms with Crippen molar-refractivity contribution in [2.45, 2.75) is 13.0 Å². The van der Waals surface area contributed by atoms with Gasteiger partial charge in [-0.05, 0) is 36.2 Å². The van der Waals surface area contributed by atoms with Gasteiger partial charge in [0.1, 0.15) is 0 Å². The van der Waals surface area contributed by atoms with Crippen molar-refractivity contribution in [3.05, 3.63) is 68.7 Å². The van der Waals surface area contributed by atoms with Crippen molar-refractivity contribution in [3.8, 4) is 0 Å². The summed E-state index contributed by atoms with van der Waals surface area (Å²) in [7, 11) is 0. The molecule has 0 aliphatic rings. The highest BCUT2D eigenvalue weighted by Crippen LogP contribution is 2.29. The summed E-state index contributed by atoms with van der Waals surface area (Å²) in [5, 5.41) is 0.700. The van der Waals surface area contributed by atoms with Crippen LogP contribution in [0.2, 0.25) is 5.02 Å². The first kappa shape index (κ1) is 12.6. The molecule has 0 fully saturated rings. The van der Waals surface area contributed by atoms with Gasteiger partial charge < -0.3 is 5.73 Å². The summed E-state index contributed by atoms with van der Waals surface area (Å²) in [6, 6.07) is 13.7. The van der Waals surface area contributed by atoms with Gasteiger partial charge in [0.2, 0.25) is 0 Å². The third kappa shape index (κ3) is 2.89. The van der Waals surface area contributed by atoms with Crippen molar-refractivity contribution >= 4 is 27.5 Å². The highest BCUT2D eigenvalue weighted by Gasteiger charge is 2.12. The molecule has 0 saturated heterocycles. The Morgan fingerprint density at radius 1 is 1.12 bits per heavy atom. The van der Waals surface area contributed by atoms with Crippen LogP contribution in [0.15, 0.2) is 46.9 Å². The highest BCUT2D eigenvalue weighted by molar-refractivity contribution is 9.10. The molecule has 1 nitrogen and oxygen atoms in total. The van der Waals surface area contributed by atoms with E-state index in [9.17, 15) is 0 Å². The second-order valence-corrected chi connectivity index (χ2v) is 5.34. The average molecular weight is 311 g/mol. The first-order valence-corrected chi connectivity index (χ1v) is 6.52. The number of nitrogens with two attached hydrogens (primary N) is 1. The normalized spacial score (nSPS) is 12.5. The summed E-state index contributed by atoms with van der Waals surface area (Å²) in [5.41, 5.74) is 9.56. The zero-order chi connectivity index (χ0) is 12.4. The van der Waals surface area contributed by atoms with Gasteiger partial charge in [0.05, 0.1) is 6.04 Å². The Hall–Kier alpha value is -0.830. The van der Waals surface area contributed by atoms with Crippen LogP contribution in [0, 0.1) is 6.92 Å². The standard InChI is InChI=1S/C14H13BrClN/c1-9-2-4-10(5-3-9)14(17)12-8-11(16)6-7-13(12)15/h2-8,14H,17H2,1H3. The molecule has 0 aromatic heterocycles. The maximum Gasteiger partial charge on any atom is 0.0563 e. The van der Waals surface area contributed by atoms with Crippen LogP contribution in [0.4, 0.5) is 0 Å². The van der Waals surface area contributed by atoms with E-state index in [-0.39, 0.29) is 6.04 Å². The lowest BCUT2D eigenvalue weighted by atomic mass is 9.99. The maximum atomic E-state index is 6.25. The zero-order valence-corrected chi connectivity index (χ0v) is 11.8. The summed E-state index contributed by atoms with van der Waals surface area (Å²) in [4.78, 5) is 0. The van der Waals surface area contributed by atoms with E-state index in [2.05, 4.69) is 35.0 Å². The second kappa shape index (κ2) is 5.21. The van der Waals surface area contributed by atoms with Gasteiger partial charge in [0.25, 0.3) is 0 Å². The predicted octanol–water partition coefficient (Wildman–Crippen LogP) is 4.46. The van der Waals surface area contributed by atoms with Crippen LogP contribution in [0.25, 0.3) is 0 Å². The first-order valence-electron chi connectivity index (χ1n) is 5.35. The molecule has 0 heterocycles. The lowest BCUT2D eigenvalue weighted by molar-refractivity contribution is 0.865. The Balaban J connectivity index is 2.39. The Morgan fingerprint density at radius 2 is 1.76 bits per heavy atom. The fourth-order valence-corrected chi connectivity index (χ4v) is 2.38. The molecule has 0 aliphatic carbocycles. The molecule has 0 spiro atoms. The van der Waals surface area contributed by atoms with Crippen molar-refractivity contribution in [1.29, 1.82) is 0 Å². The molecule has 0 radical (unpaired) electrons. The van der Waals surface area contributed by atoms with Crippen LogP contribution >= 0.6 is 27.5 Å². The number of rotatable bonds is 2. The predicted molar refractivity (Wildman–Crippen MR) is 76.4 cm³/mol. The van der Waals surface area contributed by atoms with Crippen molar-refractivity contribution < 1.29 is 0 Å². The van der Waals surface area contributed by atoms with Crippen LogP contribution in [-0.2, 0) is 0 Å². The van der Waals surface area contributed by atoms with Gasteiger partial charge >= 0.3 is 0 Å². The van der Waals surface area contributed by atoms with E-state index in [1.54, 1.807) is 0 Å². The summed E-state index contributed by atoms with van der Waals surface area (Å²) >= 11 is 9.50. The molecular formula is C14H13BrClN. The van der Waals surface area contributed by atoms with Crippen LogP contribution in [0.3, 0.4) is 0 Å². The Kier molecular flexibility index (Phi) is 3.87. The number of hydrogen-bond acceptors (Lipinski definition) is 1. The summed E-state index contributed by atoms with van der Waals surface area (Å²) in [6.07, 6.45) is 0. The van der Waals surface area contributed by atoms with Crippen molar-refractivity contribution in [2.24, 2.45) is 5.73 Å². The summed E-state index contributed by atoms with van der Waals surface area (Å²) in [5.74, 6) is 0. The summed E-state index contributed by atoms with van der Waals surface area (Å²) < 4.78 is 0.981. The molecule has 17 heavy (non-hydrogen) atoms. The molecule has 0 amide bonds. The molecular weight excluding hydrogens is 298 g/mol. The minimum Gasteiger partial charge on any atom is -0.320 e. The quantitative estimate of drug-likeness (QED) is 0.871. The van der Waals surface area contributed by atoms with Crippen molar-refractivity contribution in [2.75, 3.05) is 0 Å². The van der Waals surface area contributed by atoms with E-state index in [4.69, 9.17) is 17.3 Å². The Labute approximate surface area is 115 Å². The number of halogens is 2. The molecule has 3 heteroatoms. The molecule has 2 aromatic rings. The molecule has 0 saturated carbocycles. The zero-order valence-electron chi connectivity index (χ0n) is 9.45. The topological polar surface area (TPSA) is 26.0 Å². The van der Waals surface area contributed by atoms with E-state index < -0.39 is 0 Å². The van der Waals surface area contributed by atoms with Gasteiger partial charge in [-0.25, -0.2) is 0 Å². The summed E-state index contributed by atoms with van der Waals surface area (Å²) in [6.45, 7) is 2.06. The molecule has 0 aliphatic heterocycles. The first-order chi connectivity index (χ1) is 8.08. The lowest BCUT2D eigenvalue weighted by Crippen LogP contribution is -2.12. The minimum absolute atomic E-state index is 0.163. The molecule has 2 N–H and O–H groups in total. The number of aryl methyl sites for hydroxylation is 1. The van der Waals surface area contributed by atoms with Crippen molar-refractivity contribution in [1.82, 2.24) is 0 Å². The van der Waals surface area contributed by atoms with E-state index >= 15 is 0 Å². The number of benzene rings is 2. The van der Waals surface area contributed by atoms with Crippen LogP contribution in [-0.4, -0.2) is 0 Å². The van der Waals surface area contributed by atoms with E-state index in [1.807, 2.05) is 30.3 Å². The maximum absolute atomic E-state index is 6.25. The molecule has 1 atom stereocenters. The fraction of sp³-hybridized carbons (Fsp3) is 0.143. The van der Waals surface area contributed by atoms with Crippen LogP contribution in [0.1, 0.15) is 22.7 Å². The van der Waals surface area contributed by atoms with E-state index in [0.717, 1.165) is 15.6 Å². The smallest absolute Gasteiger partial charge is 0.0563 e. The third-order valence-electron chi connectivity index (χ3n) is 2.73. The Morgan fingerprint density at radius 3 is 2.41 bits per heavy atom. The fourth-order valence-electron chi connectivity index (χ4n) is 1.71. The van der Waals surface area contributed by atoms with Gasteiger partial charge in [-0.1, -0.05) is 57.4 Å². The van der Waals surface area contributed by atoms with Gasteiger partial charge in [0.15, 0.2) is 0 Å². The van der Waals surface area contributed by atoms with E-state index in [1.165, 1.54) is 5.56 Å². The van der Waals surface area contributed by atoms with Crippen LogP contribution < -0.4 is 5.73 Å². The average Bonchev–Trinajstić information content (AvgIpc) is 2.32. The van der Waals surface area contributed by atoms with Gasteiger partial charge in [-0.3, -0.25) is 0 Å². The van der Waals surface area contributed by atoms with Gasteiger partial charge in [-0.2, -0.15) is 0 Å². The monoisotopic (exact) mass is 309 g/mol. The molecule has 0 bridgehead atoms. The van der Waals surface area contributed by atoms with Gasteiger partial charge in [0, 0.05) is 9.50 Å². The lowest BCUT2D eigenvalue weighted by Gasteiger charge is -2.15. The second-order valence-electron chi connectivity index (χ2n) is 4.05. The SMILES string of the molecule is Cc1ccc(C(N)c2cc(Cl)ccc2Br)cc1. The minimum atomic E-state index is -0.163. The highest BCUT2D eigenvalue weighted by atomic mass is 79.9. The van der Waals surface area contributed by atoms with Crippen molar-refractivity contribution in [3.63, 3.8) is 0 Å². The van der Waals surface area contributed by atoms with E-state index in [0.29, 0.717) is 5.02 Å². The Bertz CT molecular complexity index is 522.